The molecule has 6 nitrogen and oxygen atoms in total. The third-order valence-corrected chi connectivity index (χ3v) is 4.05. The van der Waals surface area contributed by atoms with Gasteiger partial charge in [0.05, 0.1) is 12.1 Å². The van der Waals surface area contributed by atoms with E-state index in [0.29, 0.717) is 18.4 Å². The van der Waals surface area contributed by atoms with Gasteiger partial charge >= 0.3 is 0 Å². The summed E-state index contributed by atoms with van der Waals surface area (Å²) < 4.78 is 7.05. The van der Waals surface area contributed by atoms with Crippen LogP contribution in [0.15, 0.2) is 17.5 Å². The molecule has 0 saturated carbocycles. The molecule has 0 bridgehead atoms. The lowest BCUT2D eigenvalue weighted by Crippen LogP contribution is -2.06. The highest BCUT2D eigenvalue weighted by Gasteiger charge is 2.11. The standard InChI is InChI=1S/C13H15N5OS/c1-8-7-20-11(15-8)5-6-18-12-9(16-13(18)14)3-4-10(17-12)19-2/h3-4,7H,5-6H2,1-2H3,(H2,14,16). The van der Waals surface area contributed by atoms with E-state index in [4.69, 9.17) is 10.5 Å². The predicted molar refractivity (Wildman–Crippen MR) is 79.0 cm³/mol. The number of anilines is 1. The fraction of sp³-hybridized carbons (Fsp3) is 0.308. The first-order valence-electron chi connectivity index (χ1n) is 6.25. The van der Waals surface area contributed by atoms with Crippen LogP contribution in [0.4, 0.5) is 5.95 Å². The number of ether oxygens (including phenoxy) is 1. The monoisotopic (exact) mass is 289 g/mol. The molecule has 20 heavy (non-hydrogen) atoms. The number of imidazole rings is 1. The van der Waals surface area contributed by atoms with E-state index in [-0.39, 0.29) is 0 Å². The number of nitrogens with zero attached hydrogens (tertiary/aromatic N) is 4. The first kappa shape index (κ1) is 12.9. The average molecular weight is 289 g/mol. The van der Waals surface area contributed by atoms with E-state index in [1.807, 2.05) is 22.9 Å². The molecule has 0 spiro atoms. The number of hydrogen-bond acceptors (Lipinski definition) is 6. The van der Waals surface area contributed by atoms with E-state index in [1.165, 1.54) is 0 Å². The number of pyridine rings is 1. The molecule has 0 aromatic carbocycles. The molecule has 0 radical (unpaired) electrons. The molecule has 3 aromatic rings. The van der Waals surface area contributed by atoms with Crippen LogP contribution >= 0.6 is 11.3 Å². The molecule has 0 aliphatic heterocycles. The number of hydrogen-bond donors (Lipinski definition) is 1. The third kappa shape index (κ3) is 2.32. The fourth-order valence-electron chi connectivity index (χ4n) is 2.06. The molecule has 0 fully saturated rings. The van der Waals surface area contributed by atoms with Gasteiger partial charge in [0.15, 0.2) is 5.65 Å². The Morgan fingerprint density at radius 2 is 2.15 bits per heavy atom. The van der Waals surface area contributed by atoms with Crippen LogP contribution in [-0.2, 0) is 13.0 Å². The molecule has 0 saturated heterocycles. The van der Waals surface area contributed by atoms with Crippen molar-refractivity contribution in [3.05, 3.63) is 28.2 Å². The van der Waals surface area contributed by atoms with Crippen molar-refractivity contribution in [3.8, 4) is 5.88 Å². The van der Waals surface area contributed by atoms with Crippen LogP contribution in [0, 0.1) is 6.92 Å². The zero-order valence-electron chi connectivity index (χ0n) is 11.3. The van der Waals surface area contributed by atoms with Crippen molar-refractivity contribution in [2.75, 3.05) is 12.8 Å². The smallest absolute Gasteiger partial charge is 0.215 e. The van der Waals surface area contributed by atoms with Crippen molar-refractivity contribution in [1.82, 2.24) is 19.5 Å². The first-order chi connectivity index (χ1) is 9.67. The molecule has 3 rings (SSSR count). The van der Waals surface area contributed by atoms with Gasteiger partial charge in [-0.25, -0.2) is 9.97 Å². The summed E-state index contributed by atoms with van der Waals surface area (Å²) in [7, 11) is 1.59. The maximum absolute atomic E-state index is 5.97. The number of aryl methyl sites for hydroxylation is 3. The molecular weight excluding hydrogens is 274 g/mol. The van der Waals surface area contributed by atoms with Gasteiger partial charge in [0.25, 0.3) is 0 Å². The summed E-state index contributed by atoms with van der Waals surface area (Å²) in [5.74, 6) is 1.03. The number of nitrogens with two attached hydrogens (primary N) is 1. The van der Waals surface area contributed by atoms with Gasteiger partial charge in [-0.1, -0.05) is 0 Å². The summed E-state index contributed by atoms with van der Waals surface area (Å²) in [6, 6.07) is 3.64. The van der Waals surface area contributed by atoms with E-state index in [0.717, 1.165) is 28.3 Å². The molecule has 7 heteroatoms. The summed E-state index contributed by atoms with van der Waals surface area (Å²) in [4.78, 5) is 13.2. The van der Waals surface area contributed by atoms with Crippen LogP contribution in [0.1, 0.15) is 10.7 Å². The Morgan fingerprint density at radius 3 is 2.85 bits per heavy atom. The lowest BCUT2D eigenvalue weighted by Gasteiger charge is -2.05. The van der Waals surface area contributed by atoms with Crippen LogP contribution in [0.2, 0.25) is 0 Å². The largest absolute Gasteiger partial charge is 0.481 e. The van der Waals surface area contributed by atoms with Crippen LogP contribution in [0.5, 0.6) is 5.88 Å². The second-order valence-corrected chi connectivity index (χ2v) is 5.39. The maximum atomic E-state index is 5.97. The van der Waals surface area contributed by atoms with Gasteiger partial charge in [0.1, 0.15) is 5.52 Å². The summed E-state index contributed by atoms with van der Waals surface area (Å²) in [5, 5.41) is 3.14. The molecule has 0 unspecified atom stereocenters. The molecule has 0 amide bonds. The molecule has 0 aliphatic rings. The van der Waals surface area contributed by atoms with Crippen molar-refractivity contribution in [1.29, 1.82) is 0 Å². The zero-order valence-corrected chi connectivity index (χ0v) is 12.1. The lowest BCUT2D eigenvalue weighted by molar-refractivity contribution is 0.399. The normalized spacial score (nSPS) is 11.1. The minimum absolute atomic E-state index is 0.467. The van der Waals surface area contributed by atoms with Gasteiger partial charge in [-0.2, -0.15) is 4.98 Å². The molecule has 3 aromatic heterocycles. The van der Waals surface area contributed by atoms with Crippen molar-refractivity contribution in [2.24, 2.45) is 0 Å². The molecule has 0 atom stereocenters. The summed E-state index contributed by atoms with van der Waals surface area (Å²) >= 11 is 1.66. The SMILES string of the molecule is COc1ccc2nc(N)n(CCc3nc(C)cs3)c2n1. The van der Waals surface area contributed by atoms with E-state index in [9.17, 15) is 0 Å². The number of nitrogen functional groups attached to an aromatic ring is 1. The third-order valence-electron chi connectivity index (χ3n) is 3.02. The lowest BCUT2D eigenvalue weighted by atomic mass is 10.4. The second-order valence-electron chi connectivity index (χ2n) is 4.45. The van der Waals surface area contributed by atoms with Crippen LogP contribution in [0.25, 0.3) is 11.2 Å². The maximum Gasteiger partial charge on any atom is 0.215 e. The second kappa shape index (κ2) is 5.09. The van der Waals surface area contributed by atoms with Crippen LogP contribution < -0.4 is 10.5 Å². The Kier molecular flexibility index (Phi) is 3.27. The zero-order chi connectivity index (χ0) is 14.1. The highest BCUT2D eigenvalue weighted by atomic mass is 32.1. The van der Waals surface area contributed by atoms with Gasteiger partial charge in [0.2, 0.25) is 11.8 Å². The first-order valence-corrected chi connectivity index (χ1v) is 7.13. The molecular formula is C13H15N5OS. The number of methoxy groups -OCH3 is 1. The number of rotatable bonds is 4. The number of fused-ring (bicyclic) bond motifs is 1. The molecule has 3 heterocycles. The Labute approximate surface area is 120 Å². The predicted octanol–water partition coefficient (Wildman–Crippen LogP) is 2.03. The van der Waals surface area contributed by atoms with E-state index < -0.39 is 0 Å². The van der Waals surface area contributed by atoms with Gasteiger partial charge in [-0.3, -0.25) is 4.57 Å². The van der Waals surface area contributed by atoms with Crippen molar-refractivity contribution >= 4 is 28.4 Å². The number of thiazole rings is 1. The minimum atomic E-state index is 0.467. The van der Waals surface area contributed by atoms with Gasteiger partial charge in [-0.15, -0.1) is 11.3 Å². The topological polar surface area (TPSA) is 78.9 Å². The Morgan fingerprint density at radius 1 is 1.30 bits per heavy atom. The Bertz CT molecular complexity index is 748. The minimum Gasteiger partial charge on any atom is -0.481 e. The molecule has 104 valence electrons. The quantitative estimate of drug-likeness (QED) is 0.795. The summed E-state index contributed by atoms with van der Waals surface area (Å²) in [6.45, 7) is 2.70. The Hall–Kier alpha value is -2.15. The van der Waals surface area contributed by atoms with Crippen molar-refractivity contribution < 1.29 is 4.74 Å². The highest BCUT2D eigenvalue weighted by molar-refractivity contribution is 7.09. The molecule has 2 N–H and O–H groups in total. The van der Waals surface area contributed by atoms with Crippen molar-refractivity contribution in [3.63, 3.8) is 0 Å². The number of aromatic nitrogens is 4. The van der Waals surface area contributed by atoms with E-state index in [2.05, 4.69) is 15.0 Å². The van der Waals surface area contributed by atoms with E-state index in [1.54, 1.807) is 24.5 Å². The van der Waals surface area contributed by atoms with Gasteiger partial charge in [0, 0.05) is 30.1 Å². The Balaban J connectivity index is 1.91. The van der Waals surface area contributed by atoms with Gasteiger partial charge < -0.3 is 10.5 Å². The average Bonchev–Trinajstić information content (AvgIpc) is 2.98. The van der Waals surface area contributed by atoms with E-state index >= 15 is 0 Å². The highest BCUT2D eigenvalue weighted by Crippen LogP contribution is 2.20. The fourth-order valence-corrected chi connectivity index (χ4v) is 2.83. The molecule has 0 aliphatic carbocycles. The van der Waals surface area contributed by atoms with Crippen LogP contribution in [-0.4, -0.2) is 26.6 Å². The van der Waals surface area contributed by atoms with Crippen molar-refractivity contribution in [2.45, 2.75) is 19.9 Å². The van der Waals surface area contributed by atoms with Crippen LogP contribution in [0.3, 0.4) is 0 Å². The summed E-state index contributed by atoms with van der Waals surface area (Å²) in [5.41, 5.74) is 8.54. The van der Waals surface area contributed by atoms with Gasteiger partial charge in [-0.05, 0) is 13.0 Å². The summed E-state index contributed by atoms with van der Waals surface area (Å²) in [6.07, 6.45) is 0.813.